The maximum Gasteiger partial charge on any atom is 0.303 e. The van der Waals surface area contributed by atoms with Crippen LogP contribution in [-0.4, -0.2) is 16.1 Å². The molecule has 0 unspecified atom stereocenters. The Balaban J connectivity index is 0.000000217. The highest BCUT2D eigenvalue weighted by Crippen LogP contribution is 1.89. The molecule has 1 rings (SSSR count). The number of carboxylic acids is 1. The summed E-state index contributed by atoms with van der Waals surface area (Å²) in [6, 6.07) is 5.43. The summed E-state index contributed by atoms with van der Waals surface area (Å²) in [7, 11) is 0. The van der Waals surface area contributed by atoms with E-state index in [0.717, 1.165) is 0 Å². The summed E-state index contributed by atoms with van der Waals surface area (Å²) in [5, 5.41) is 7.72. The van der Waals surface area contributed by atoms with Crippen LogP contribution in [0.5, 0.6) is 0 Å². The Morgan fingerprint density at radius 1 is 1.67 bits per heavy atom. The minimum absolute atomic E-state index is 0.222. The van der Waals surface area contributed by atoms with Gasteiger partial charge in [-0.1, -0.05) is 13.0 Å². The summed E-state index contributed by atoms with van der Waals surface area (Å²) in [6.45, 7) is 1.60. The van der Waals surface area contributed by atoms with Crippen LogP contribution in [0.2, 0.25) is 0 Å². The highest BCUT2D eigenvalue weighted by atomic mass is 16.4. The lowest BCUT2D eigenvalue weighted by molar-refractivity contribution is -0.136. The molecule has 1 heterocycles. The molecule has 0 radical (unpaired) electrons. The van der Waals surface area contributed by atoms with Gasteiger partial charge in [0.1, 0.15) is 5.82 Å². The van der Waals surface area contributed by atoms with Crippen molar-refractivity contribution in [1.82, 2.24) is 4.98 Å². The van der Waals surface area contributed by atoms with Crippen LogP contribution in [0.15, 0.2) is 24.4 Å². The zero-order valence-electron chi connectivity index (χ0n) is 6.90. The topological polar surface area (TPSA) is 76.2 Å². The molecule has 0 aliphatic heterocycles. The summed E-state index contributed by atoms with van der Waals surface area (Å²) in [6.07, 6.45) is 1.88. The Bertz CT molecular complexity index is 224. The Morgan fingerprint density at radius 3 is 2.42 bits per heavy atom. The van der Waals surface area contributed by atoms with Crippen LogP contribution in [0.3, 0.4) is 0 Å². The number of nitrogen functional groups attached to an aromatic ring is 1. The van der Waals surface area contributed by atoms with Crippen molar-refractivity contribution in [2.75, 3.05) is 5.73 Å². The Labute approximate surface area is 71.0 Å². The monoisotopic (exact) mass is 168 g/mol. The third kappa shape index (κ3) is 6.54. The number of rotatable bonds is 1. The summed E-state index contributed by atoms with van der Waals surface area (Å²) in [5.41, 5.74) is 5.25. The molecule has 4 heteroatoms. The van der Waals surface area contributed by atoms with E-state index in [0.29, 0.717) is 5.82 Å². The number of nitrogens with zero attached hydrogens (tertiary/aromatic N) is 1. The summed E-state index contributed by atoms with van der Waals surface area (Å²) in [5.74, 6) is -0.174. The first-order valence-corrected chi connectivity index (χ1v) is 3.55. The van der Waals surface area contributed by atoms with Gasteiger partial charge >= 0.3 is 5.97 Å². The molecule has 0 amide bonds. The fourth-order valence-electron chi connectivity index (χ4n) is 0.376. The van der Waals surface area contributed by atoms with Gasteiger partial charge in [-0.15, -0.1) is 0 Å². The van der Waals surface area contributed by atoms with E-state index in [1.54, 1.807) is 19.2 Å². The van der Waals surface area contributed by atoms with E-state index < -0.39 is 5.97 Å². The molecule has 0 bridgehead atoms. The van der Waals surface area contributed by atoms with Crippen molar-refractivity contribution in [3.63, 3.8) is 0 Å². The molecule has 0 fully saturated rings. The highest BCUT2D eigenvalue weighted by molar-refractivity contribution is 5.66. The molecule has 1 aromatic rings. The van der Waals surface area contributed by atoms with Crippen molar-refractivity contribution in [3.05, 3.63) is 24.4 Å². The van der Waals surface area contributed by atoms with Crippen LogP contribution >= 0.6 is 0 Å². The van der Waals surface area contributed by atoms with Gasteiger partial charge in [-0.3, -0.25) is 4.79 Å². The Hall–Kier alpha value is -1.58. The van der Waals surface area contributed by atoms with E-state index in [1.165, 1.54) is 0 Å². The largest absolute Gasteiger partial charge is 0.481 e. The number of pyridine rings is 1. The van der Waals surface area contributed by atoms with E-state index >= 15 is 0 Å². The smallest absolute Gasteiger partial charge is 0.303 e. The molecule has 0 spiro atoms. The number of hydrogen-bond acceptors (Lipinski definition) is 3. The number of aliphatic carboxylic acids is 1. The Kier molecular flexibility index (Phi) is 5.34. The van der Waals surface area contributed by atoms with Crippen molar-refractivity contribution < 1.29 is 9.90 Å². The standard InChI is InChI=1S/C5H6N2.C3H6O2/c6-5-3-1-2-4-7-5;1-2-3(4)5/h1-4H,(H2,6,7);2H2,1H3,(H,4,5). The van der Waals surface area contributed by atoms with Gasteiger partial charge in [0.2, 0.25) is 0 Å². The number of anilines is 1. The molecule has 0 atom stereocenters. The van der Waals surface area contributed by atoms with Crippen LogP contribution in [-0.2, 0) is 4.79 Å². The molecule has 3 N–H and O–H groups in total. The van der Waals surface area contributed by atoms with Crippen molar-refractivity contribution in [1.29, 1.82) is 0 Å². The van der Waals surface area contributed by atoms with E-state index in [2.05, 4.69) is 4.98 Å². The summed E-state index contributed by atoms with van der Waals surface area (Å²) < 4.78 is 0. The number of nitrogens with two attached hydrogens (primary N) is 1. The molecule has 0 saturated heterocycles. The molecule has 4 nitrogen and oxygen atoms in total. The molecular formula is C8H12N2O2. The van der Waals surface area contributed by atoms with Gasteiger partial charge in [-0.05, 0) is 12.1 Å². The zero-order valence-corrected chi connectivity index (χ0v) is 6.90. The second kappa shape index (κ2) is 6.15. The van der Waals surface area contributed by atoms with Crippen molar-refractivity contribution in [2.24, 2.45) is 0 Å². The van der Waals surface area contributed by atoms with E-state index in [1.807, 2.05) is 12.1 Å². The average molecular weight is 168 g/mol. The average Bonchev–Trinajstić information content (AvgIpc) is 2.07. The van der Waals surface area contributed by atoms with E-state index in [-0.39, 0.29) is 6.42 Å². The van der Waals surface area contributed by atoms with Crippen LogP contribution in [0.1, 0.15) is 13.3 Å². The SMILES string of the molecule is CCC(=O)O.Nc1ccccn1. The van der Waals surface area contributed by atoms with Gasteiger partial charge in [0.05, 0.1) is 0 Å². The van der Waals surface area contributed by atoms with Crippen LogP contribution in [0, 0.1) is 0 Å². The minimum atomic E-state index is -0.745. The second-order valence-corrected chi connectivity index (χ2v) is 2.00. The molecule has 0 aliphatic rings. The fraction of sp³-hybridized carbons (Fsp3) is 0.250. The highest BCUT2D eigenvalue weighted by Gasteiger charge is 1.80. The van der Waals surface area contributed by atoms with E-state index in [4.69, 9.17) is 10.8 Å². The first-order chi connectivity index (χ1) is 5.66. The second-order valence-electron chi connectivity index (χ2n) is 2.00. The van der Waals surface area contributed by atoms with E-state index in [9.17, 15) is 4.79 Å². The fourth-order valence-corrected chi connectivity index (χ4v) is 0.376. The lowest BCUT2D eigenvalue weighted by atomic mass is 10.5. The van der Waals surface area contributed by atoms with Crippen LogP contribution < -0.4 is 5.73 Å². The predicted molar refractivity (Wildman–Crippen MR) is 46.6 cm³/mol. The normalized spacial score (nSPS) is 8.08. The molecule has 0 aromatic carbocycles. The molecule has 1 aromatic heterocycles. The van der Waals surface area contributed by atoms with Gasteiger partial charge in [-0.25, -0.2) is 4.98 Å². The van der Waals surface area contributed by atoms with Gasteiger partial charge in [0.15, 0.2) is 0 Å². The Morgan fingerprint density at radius 2 is 2.25 bits per heavy atom. The van der Waals surface area contributed by atoms with Crippen molar-refractivity contribution >= 4 is 11.8 Å². The first kappa shape index (κ1) is 10.4. The van der Waals surface area contributed by atoms with Gasteiger partial charge in [0.25, 0.3) is 0 Å². The maximum atomic E-state index is 9.37. The lowest BCUT2D eigenvalue weighted by Crippen LogP contribution is -1.86. The maximum absolute atomic E-state index is 9.37. The first-order valence-electron chi connectivity index (χ1n) is 3.55. The quantitative estimate of drug-likeness (QED) is 0.659. The van der Waals surface area contributed by atoms with Gasteiger partial charge in [-0.2, -0.15) is 0 Å². The van der Waals surface area contributed by atoms with Crippen molar-refractivity contribution in [2.45, 2.75) is 13.3 Å². The summed E-state index contributed by atoms with van der Waals surface area (Å²) >= 11 is 0. The number of aromatic nitrogens is 1. The minimum Gasteiger partial charge on any atom is -0.481 e. The number of carbonyl (C=O) groups is 1. The van der Waals surface area contributed by atoms with Gasteiger partial charge in [0, 0.05) is 12.6 Å². The molecular weight excluding hydrogens is 156 g/mol. The molecule has 66 valence electrons. The molecule has 0 aliphatic carbocycles. The van der Waals surface area contributed by atoms with Crippen LogP contribution in [0.25, 0.3) is 0 Å². The predicted octanol–water partition coefficient (Wildman–Crippen LogP) is 1.14. The molecule has 0 saturated carbocycles. The van der Waals surface area contributed by atoms with Crippen molar-refractivity contribution in [3.8, 4) is 0 Å². The van der Waals surface area contributed by atoms with Gasteiger partial charge < -0.3 is 10.8 Å². The zero-order chi connectivity index (χ0) is 9.40. The molecule has 12 heavy (non-hydrogen) atoms. The lowest BCUT2D eigenvalue weighted by Gasteiger charge is -1.82. The summed E-state index contributed by atoms with van der Waals surface area (Å²) in [4.78, 5) is 13.1. The number of hydrogen-bond donors (Lipinski definition) is 2. The third-order valence-electron chi connectivity index (χ3n) is 0.990. The van der Waals surface area contributed by atoms with Crippen LogP contribution in [0.4, 0.5) is 5.82 Å². The number of carboxylic acid groups (broad SMARTS) is 1. The third-order valence-corrected chi connectivity index (χ3v) is 0.990.